The van der Waals surface area contributed by atoms with Crippen LogP contribution in [0.1, 0.15) is 44.2 Å². The van der Waals surface area contributed by atoms with E-state index in [0.717, 1.165) is 5.56 Å². The van der Waals surface area contributed by atoms with Gasteiger partial charge in [0.15, 0.2) is 0 Å². The first-order valence-corrected chi connectivity index (χ1v) is 7.19. The summed E-state index contributed by atoms with van der Waals surface area (Å²) in [6, 6.07) is 9.43. The second-order valence-corrected chi connectivity index (χ2v) is 5.16. The van der Waals surface area contributed by atoms with Gasteiger partial charge in [0.1, 0.15) is 0 Å². The first kappa shape index (κ1) is 17.2. The van der Waals surface area contributed by atoms with Crippen molar-refractivity contribution in [3.8, 4) is 0 Å². The summed E-state index contributed by atoms with van der Waals surface area (Å²) in [5.74, 6) is -0.327. The van der Waals surface area contributed by atoms with Gasteiger partial charge in [-0.2, -0.15) is 0 Å². The van der Waals surface area contributed by atoms with Crippen LogP contribution in [0, 0.1) is 0 Å². The molecule has 2 unspecified atom stereocenters. The Morgan fingerprint density at radius 3 is 2.43 bits per heavy atom. The van der Waals surface area contributed by atoms with Crippen molar-refractivity contribution in [3.05, 3.63) is 35.9 Å². The van der Waals surface area contributed by atoms with E-state index in [1.54, 1.807) is 0 Å². The van der Waals surface area contributed by atoms with E-state index in [4.69, 9.17) is 5.73 Å². The molecule has 1 aromatic carbocycles. The van der Waals surface area contributed by atoms with Gasteiger partial charge in [-0.1, -0.05) is 30.3 Å². The van der Waals surface area contributed by atoms with Crippen molar-refractivity contribution in [1.29, 1.82) is 0 Å². The van der Waals surface area contributed by atoms with E-state index >= 15 is 0 Å². The lowest BCUT2D eigenvalue weighted by atomic mass is 10.0. The number of hydrogen-bond donors (Lipinski definition) is 2. The maximum atomic E-state index is 12.0. The summed E-state index contributed by atoms with van der Waals surface area (Å²) >= 11 is 0. The molecule has 116 valence electrons. The van der Waals surface area contributed by atoms with Crippen molar-refractivity contribution in [3.63, 3.8) is 0 Å². The van der Waals surface area contributed by atoms with Gasteiger partial charge in [0, 0.05) is 18.9 Å². The van der Waals surface area contributed by atoms with Crippen molar-refractivity contribution < 1.29 is 14.3 Å². The van der Waals surface area contributed by atoms with Crippen LogP contribution in [-0.4, -0.2) is 25.0 Å². The first-order chi connectivity index (χ1) is 10.0. The molecule has 0 radical (unpaired) electrons. The van der Waals surface area contributed by atoms with Gasteiger partial charge in [0.2, 0.25) is 5.91 Å². The second kappa shape index (κ2) is 9.13. The summed E-state index contributed by atoms with van der Waals surface area (Å²) in [5, 5.41) is 2.97. The Labute approximate surface area is 125 Å². The number of carbonyl (C=O) groups excluding carboxylic acids is 2. The molecule has 0 spiro atoms. The van der Waals surface area contributed by atoms with Crippen molar-refractivity contribution in [2.45, 2.75) is 44.7 Å². The SMILES string of the molecule is COC(=O)CCC(NC(=O)CCC(C)N)c1ccccc1. The Bertz CT molecular complexity index is 446. The molecule has 1 amide bonds. The number of rotatable bonds is 8. The average molecular weight is 292 g/mol. The topological polar surface area (TPSA) is 81.4 Å². The number of esters is 1. The fraction of sp³-hybridized carbons (Fsp3) is 0.500. The van der Waals surface area contributed by atoms with Crippen molar-refractivity contribution in [2.75, 3.05) is 7.11 Å². The molecule has 1 rings (SSSR count). The molecule has 5 nitrogen and oxygen atoms in total. The summed E-state index contributed by atoms with van der Waals surface area (Å²) in [7, 11) is 1.36. The Morgan fingerprint density at radius 1 is 1.19 bits per heavy atom. The maximum absolute atomic E-state index is 12.0. The standard InChI is InChI=1S/C16H24N2O3/c1-12(17)8-10-15(19)18-14(9-11-16(20)21-2)13-6-4-3-5-7-13/h3-7,12,14H,8-11,17H2,1-2H3,(H,18,19). The molecule has 1 aromatic rings. The van der Waals surface area contributed by atoms with E-state index in [0.29, 0.717) is 19.3 Å². The lowest BCUT2D eigenvalue weighted by Gasteiger charge is -2.19. The number of nitrogens with one attached hydrogen (secondary N) is 1. The zero-order valence-corrected chi connectivity index (χ0v) is 12.7. The van der Waals surface area contributed by atoms with E-state index in [1.807, 2.05) is 37.3 Å². The second-order valence-electron chi connectivity index (χ2n) is 5.16. The normalized spacial score (nSPS) is 13.3. The predicted octanol–water partition coefficient (Wildman–Crippen LogP) is 1.92. The number of methoxy groups -OCH3 is 1. The molecule has 0 bridgehead atoms. The third-order valence-electron chi connectivity index (χ3n) is 3.23. The van der Waals surface area contributed by atoms with Crippen LogP contribution >= 0.6 is 0 Å². The molecule has 3 N–H and O–H groups in total. The highest BCUT2D eigenvalue weighted by Gasteiger charge is 2.16. The van der Waals surface area contributed by atoms with E-state index in [9.17, 15) is 9.59 Å². The van der Waals surface area contributed by atoms with Gasteiger partial charge in [-0.25, -0.2) is 0 Å². The van der Waals surface area contributed by atoms with Gasteiger partial charge in [-0.15, -0.1) is 0 Å². The van der Waals surface area contributed by atoms with Gasteiger partial charge < -0.3 is 15.8 Å². The fourth-order valence-corrected chi connectivity index (χ4v) is 2.00. The van der Waals surface area contributed by atoms with Crippen LogP contribution in [0.25, 0.3) is 0 Å². The Morgan fingerprint density at radius 2 is 1.86 bits per heavy atom. The van der Waals surface area contributed by atoms with Crippen LogP contribution in [0.4, 0.5) is 0 Å². The molecular weight excluding hydrogens is 268 g/mol. The smallest absolute Gasteiger partial charge is 0.305 e. The molecule has 0 saturated carbocycles. The number of carbonyl (C=O) groups is 2. The Kier molecular flexibility index (Phi) is 7.46. The molecule has 2 atom stereocenters. The highest BCUT2D eigenvalue weighted by Crippen LogP contribution is 2.19. The van der Waals surface area contributed by atoms with Crippen molar-refractivity contribution in [1.82, 2.24) is 5.32 Å². The summed E-state index contributed by atoms with van der Waals surface area (Å²) in [6.45, 7) is 1.87. The zero-order chi connectivity index (χ0) is 15.7. The van der Waals surface area contributed by atoms with Crippen LogP contribution in [0.2, 0.25) is 0 Å². The first-order valence-electron chi connectivity index (χ1n) is 7.19. The lowest BCUT2D eigenvalue weighted by Crippen LogP contribution is -2.30. The van der Waals surface area contributed by atoms with E-state index < -0.39 is 0 Å². The monoisotopic (exact) mass is 292 g/mol. The molecule has 21 heavy (non-hydrogen) atoms. The Balaban J connectivity index is 2.64. The van der Waals surface area contributed by atoms with Crippen LogP contribution < -0.4 is 11.1 Å². The fourth-order valence-electron chi connectivity index (χ4n) is 2.00. The lowest BCUT2D eigenvalue weighted by molar-refractivity contribution is -0.141. The number of ether oxygens (including phenoxy) is 1. The molecule has 0 saturated heterocycles. The van der Waals surface area contributed by atoms with Crippen LogP contribution in [0.5, 0.6) is 0 Å². The number of hydrogen-bond acceptors (Lipinski definition) is 4. The highest BCUT2D eigenvalue weighted by atomic mass is 16.5. The van der Waals surface area contributed by atoms with Crippen LogP contribution in [-0.2, 0) is 14.3 Å². The van der Waals surface area contributed by atoms with E-state index in [1.165, 1.54) is 7.11 Å². The predicted molar refractivity (Wildman–Crippen MR) is 81.5 cm³/mol. The third kappa shape index (κ3) is 6.90. The quantitative estimate of drug-likeness (QED) is 0.717. The van der Waals surface area contributed by atoms with Crippen molar-refractivity contribution in [2.24, 2.45) is 5.73 Å². The van der Waals surface area contributed by atoms with Crippen molar-refractivity contribution >= 4 is 11.9 Å². The van der Waals surface area contributed by atoms with E-state index in [2.05, 4.69) is 10.1 Å². The summed E-state index contributed by atoms with van der Waals surface area (Å²) in [6.07, 6.45) is 1.81. The zero-order valence-electron chi connectivity index (χ0n) is 12.7. The number of benzene rings is 1. The van der Waals surface area contributed by atoms with Gasteiger partial charge >= 0.3 is 5.97 Å². The van der Waals surface area contributed by atoms with Gasteiger partial charge in [-0.05, 0) is 25.3 Å². The Hall–Kier alpha value is -1.88. The minimum Gasteiger partial charge on any atom is -0.469 e. The number of nitrogens with two attached hydrogens (primary N) is 1. The molecule has 0 heterocycles. The summed E-state index contributed by atoms with van der Waals surface area (Å²) in [5.41, 5.74) is 6.64. The summed E-state index contributed by atoms with van der Waals surface area (Å²) in [4.78, 5) is 23.3. The van der Waals surface area contributed by atoms with Crippen LogP contribution in [0.3, 0.4) is 0 Å². The van der Waals surface area contributed by atoms with Gasteiger partial charge in [0.25, 0.3) is 0 Å². The molecule has 0 aliphatic carbocycles. The van der Waals surface area contributed by atoms with Gasteiger partial charge in [0.05, 0.1) is 13.2 Å². The maximum Gasteiger partial charge on any atom is 0.305 e. The molecule has 0 fully saturated rings. The average Bonchev–Trinajstić information content (AvgIpc) is 2.49. The largest absolute Gasteiger partial charge is 0.469 e. The van der Waals surface area contributed by atoms with Gasteiger partial charge in [-0.3, -0.25) is 9.59 Å². The molecule has 5 heteroatoms. The third-order valence-corrected chi connectivity index (χ3v) is 3.23. The van der Waals surface area contributed by atoms with Crippen LogP contribution in [0.15, 0.2) is 30.3 Å². The minimum absolute atomic E-state index is 0.000921. The molecular formula is C16H24N2O3. The molecule has 0 aliphatic rings. The summed E-state index contributed by atoms with van der Waals surface area (Å²) < 4.78 is 4.65. The highest BCUT2D eigenvalue weighted by molar-refractivity contribution is 5.76. The molecule has 0 aliphatic heterocycles. The minimum atomic E-state index is -0.277. The van der Waals surface area contributed by atoms with E-state index in [-0.39, 0.29) is 30.4 Å². The molecule has 0 aromatic heterocycles. The number of amides is 1.